The van der Waals surface area contributed by atoms with Gasteiger partial charge in [0.1, 0.15) is 0 Å². The van der Waals surface area contributed by atoms with Crippen LogP contribution in [0.15, 0.2) is 35.2 Å². The Morgan fingerprint density at radius 1 is 1.44 bits per heavy atom. The zero-order valence-electron chi connectivity index (χ0n) is 14.1. The van der Waals surface area contributed by atoms with E-state index in [1.165, 1.54) is 0 Å². The van der Waals surface area contributed by atoms with E-state index in [9.17, 15) is 13.2 Å². The molecule has 2 aromatic rings. The normalized spacial score (nSPS) is 20.3. The molecule has 0 aromatic carbocycles. The van der Waals surface area contributed by atoms with Crippen molar-refractivity contribution in [3.05, 3.63) is 52.0 Å². The fourth-order valence-corrected chi connectivity index (χ4v) is 5.82. The molecule has 7 heteroatoms. The smallest absolute Gasteiger partial charge is 0.220 e. The lowest BCUT2D eigenvalue weighted by Gasteiger charge is -2.20. The molecule has 0 aliphatic carbocycles. The second-order valence-electron chi connectivity index (χ2n) is 6.63. The van der Waals surface area contributed by atoms with Gasteiger partial charge in [-0.25, -0.2) is 8.42 Å². The van der Waals surface area contributed by atoms with Crippen molar-refractivity contribution < 1.29 is 13.2 Å². The van der Waals surface area contributed by atoms with Crippen LogP contribution in [0.3, 0.4) is 0 Å². The van der Waals surface area contributed by atoms with Gasteiger partial charge in [-0.3, -0.25) is 9.78 Å². The van der Waals surface area contributed by atoms with E-state index >= 15 is 0 Å². The van der Waals surface area contributed by atoms with Gasteiger partial charge in [0.25, 0.3) is 0 Å². The first-order valence-electron chi connectivity index (χ1n) is 8.35. The minimum atomic E-state index is -2.96. The lowest BCUT2D eigenvalue weighted by Crippen LogP contribution is -2.32. The van der Waals surface area contributed by atoms with Crippen LogP contribution in [0.1, 0.15) is 35.7 Å². The van der Waals surface area contributed by atoms with Crippen LogP contribution in [0.2, 0.25) is 0 Å². The summed E-state index contributed by atoms with van der Waals surface area (Å²) in [6.45, 7) is 1.98. The minimum Gasteiger partial charge on any atom is -0.347 e. The first-order valence-corrected chi connectivity index (χ1v) is 11.1. The maximum atomic E-state index is 12.5. The summed E-state index contributed by atoms with van der Waals surface area (Å²) in [4.78, 5) is 17.0. The Morgan fingerprint density at radius 3 is 2.92 bits per heavy atom. The molecule has 2 aromatic heterocycles. The van der Waals surface area contributed by atoms with Crippen molar-refractivity contribution in [3.63, 3.8) is 0 Å². The molecule has 5 nitrogen and oxygen atoms in total. The van der Waals surface area contributed by atoms with Gasteiger partial charge < -0.3 is 5.32 Å². The van der Waals surface area contributed by atoms with Crippen molar-refractivity contribution in [2.24, 2.45) is 5.92 Å². The number of rotatable bonds is 6. The van der Waals surface area contributed by atoms with Gasteiger partial charge >= 0.3 is 0 Å². The molecule has 1 amide bonds. The van der Waals surface area contributed by atoms with Crippen LogP contribution in [0, 0.1) is 12.8 Å². The molecule has 0 saturated carbocycles. The fraction of sp³-hybridized carbons (Fsp3) is 0.444. The summed E-state index contributed by atoms with van der Waals surface area (Å²) in [6.07, 6.45) is 3.24. The number of sulfone groups is 1. The van der Waals surface area contributed by atoms with Gasteiger partial charge in [-0.05, 0) is 59.7 Å². The average molecular weight is 379 g/mol. The Balaban J connectivity index is 1.71. The minimum absolute atomic E-state index is 0.0726. The number of nitrogens with zero attached hydrogens (tertiary/aromatic N) is 1. The molecule has 0 bridgehead atoms. The van der Waals surface area contributed by atoms with E-state index in [1.807, 2.05) is 30.5 Å². The second-order valence-corrected chi connectivity index (χ2v) is 9.64. The fourth-order valence-electron chi connectivity index (χ4n) is 3.27. The topological polar surface area (TPSA) is 76.1 Å². The molecule has 1 fully saturated rings. The van der Waals surface area contributed by atoms with Gasteiger partial charge in [0.15, 0.2) is 9.84 Å². The summed E-state index contributed by atoms with van der Waals surface area (Å²) in [5.41, 5.74) is 3.05. The molecule has 3 heterocycles. The summed E-state index contributed by atoms with van der Waals surface area (Å²) >= 11 is 1.63. The lowest BCUT2D eigenvalue weighted by atomic mass is 10.00. The zero-order chi connectivity index (χ0) is 17.9. The highest BCUT2D eigenvalue weighted by atomic mass is 32.2. The van der Waals surface area contributed by atoms with Crippen LogP contribution < -0.4 is 5.32 Å². The van der Waals surface area contributed by atoms with Crippen molar-refractivity contribution in [1.82, 2.24) is 10.3 Å². The molecule has 25 heavy (non-hydrogen) atoms. The van der Waals surface area contributed by atoms with Crippen molar-refractivity contribution in [3.8, 4) is 0 Å². The molecular formula is C18H22N2O3S2. The molecule has 3 rings (SSSR count). The predicted octanol–water partition coefficient (Wildman–Crippen LogP) is 2.68. The number of aryl methyl sites for hydroxylation is 1. The third kappa shape index (κ3) is 4.89. The third-order valence-corrected chi connectivity index (χ3v) is 7.10. The monoisotopic (exact) mass is 378 g/mol. The highest BCUT2D eigenvalue weighted by Crippen LogP contribution is 2.24. The number of nitrogens with one attached hydrogen (secondary N) is 1. The first-order chi connectivity index (χ1) is 11.9. The van der Waals surface area contributed by atoms with E-state index in [1.54, 1.807) is 17.5 Å². The Kier molecular flexibility index (Phi) is 5.54. The quantitative estimate of drug-likeness (QED) is 0.838. The number of carbonyl (C=O) groups is 1. The standard InChI is InChI=1S/C18H22N2O3S2/c1-13-3-2-6-19-18(13)16(9-14-4-7-24-11-14)20-17(21)10-15-5-8-25(22,23)12-15/h2-4,6-7,11,15-16H,5,8-10,12H2,1H3,(H,20,21)/t15-,16-/m0/s1. The van der Waals surface area contributed by atoms with Crippen molar-refractivity contribution in [2.75, 3.05) is 11.5 Å². The van der Waals surface area contributed by atoms with Gasteiger partial charge in [-0.2, -0.15) is 11.3 Å². The summed E-state index contributed by atoms with van der Waals surface area (Å²) in [6, 6.07) is 5.71. The summed E-state index contributed by atoms with van der Waals surface area (Å²) < 4.78 is 23.2. The molecule has 0 radical (unpaired) electrons. The van der Waals surface area contributed by atoms with Crippen molar-refractivity contribution in [2.45, 2.75) is 32.2 Å². The Hall–Kier alpha value is -1.73. The molecular weight excluding hydrogens is 356 g/mol. The highest BCUT2D eigenvalue weighted by molar-refractivity contribution is 7.91. The number of carbonyl (C=O) groups excluding carboxylic acids is 1. The molecule has 1 aliphatic rings. The Bertz CT molecular complexity index is 832. The van der Waals surface area contributed by atoms with E-state index in [2.05, 4.69) is 15.7 Å². The average Bonchev–Trinajstić information content (AvgIpc) is 3.16. The predicted molar refractivity (Wildman–Crippen MR) is 99.3 cm³/mol. The summed E-state index contributed by atoms with van der Waals surface area (Å²) in [5.74, 6) is 0.143. The summed E-state index contributed by atoms with van der Waals surface area (Å²) in [5, 5.41) is 7.16. The van der Waals surface area contributed by atoms with Crippen LogP contribution in [-0.2, 0) is 21.1 Å². The molecule has 134 valence electrons. The van der Waals surface area contributed by atoms with Crippen molar-refractivity contribution in [1.29, 1.82) is 0 Å². The van der Waals surface area contributed by atoms with Crippen LogP contribution in [0.4, 0.5) is 0 Å². The van der Waals surface area contributed by atoms with Crippen LogP contribution in [0.25, 0.3) is 0 Å². The SMILES string of the molecule is Cc1cccnc1[C@H](Cc1ccsc1)NC(=O)C[C@@H]1CCS(=O)(=O)C1. The van der Waals surface area contributed by atoms with E-state index in [-0.39, 0.29) is 35.8 Å². The number of amides is 1. The highest BCUT2D eigenvalue weighted by Gasteiger charge is 2.30. The molecule has 2 atom stereocenters. The molecule has 0 spiro atoms. The Labute approximate surface area is 152 Å². The first kappa shape index (κ1) is 18.1. The number of thiophene rings is 1. The summed E-state index contributed by atoms with van der Waals surface area (Å²) in [7, 11) is -2.96. The van der Waals surface area contributed by atoms with Crippen LogP contribution in [-0.4, -0.2) is 30.8 Å². The van der Waals surface area contributed by atoms with Gasteiger partial charge in [0.2, 0.25) is 5.91 Å². The maximum absolute atomic E-state index is 12.5. The van der Waals surface area contributed by atoms with E-state index in [0.717, 1.165) is 16.8 Å². The van der Waals surface area contributed by atoms with Crippen LogP contribution >= 0.6 is 11.3 Å². The Morgan fingerprint density at radius 2 is 2.28 bits per heavy atom. The maximum Gasteiger partial charge on any atom is 0.220 e. The van der Waals surface area contributed by atoms with Gasteiger partial charge in [0, 0.05) is 12.6 Å². The van der Waals surface area contributed by atoms with Gasteiger partial charge in [-0.15, -0.1) is 0 Å². The third-order valence-electron chi connectivity index (χ3n) is 4.54. The molecule has 1 N–H and O–H groups in total. The molecule has 1 saturated heterocycles. The zero-order valence-corrected chi connectivity index (χ0v) is 15.8. The number of hydrogen-bond acceptors (Lipinski definition) is 5. The van der Waals surface area contributed by atoms with Gasteiger partial charge in [0.05, 0.1) is 23.2 Å². The molecule has 1 aliphatic heterocycles. The van der Waals surface area contributed by atoms with E-state index in [4.69, 9.17) is 0 Å². The number of pyridine rings is 1. The number of aromatic nitrogens is 1. The van der Waals surface area contributed by atoms with E-state index < -0.39 is 9.84 Å². The van der Waals surface area contributed by atoms with Crippen molar-refractivity contribution >= 4 is 27.1 Å². The largest absolute Gasteiger partial charge is 0.347 e. The van der Waals surface area contributed by atoms with Gasteiger partial charge in [-0.1, -0.05) is 6.07 Å². The van der Waals surface area contributed by atoms with E-state index in [0.29, 0.717) is 12.8 Å². The lowest BCUT2D eigenvalue weighted by molar-refractivity contribution is -0.122. The van der Waals surface area contributed by atoms with Crippen LogP contribution in [0.5, 0.6) is 0 Å². The number of hydrogen-bond donors (Lipinski definition) is 1. The molecule has 0 unspecified atom stereocenters. The second kappa shape index (κ2) is 7.66.